The Bertz CT molecular complexity index is 490. The monoisotopic (exact) mass is 283 g/mol. The summed E-state index contributed by atoms with van der Waals surface area (Å²) in [7, 11) is 3.18. The number of methoxy groups -OCH3 is 2. The smallest absolute Gasteiger partial charge is 0.239 e. The van der Waals surface area contributed by atoms with Gasteiger partial charge in [0.25, 0.3) is 0 Å². The molecule has 2 rings (SSSR count). The average molecular weight is 283 g/mol. The van der Waals surface area contributed by atoms with Crippen molar-refractivity contribution >= 4 is 34.2 Å². The molecule has 1 aromatic rings. The van der Waals surface area contributed by atoms with Crippen LogP contribution in [0.4, 0.5) is 0 Å². The molecule has 1 heterocycles. The van der Waals surface area contributed by atoms with Crippen LogP contribution in [0.3, 0.4) is 0 Å². The Morgan fingerprint density at radius 3 is 2.61 bits per heavy atom. The summed E-state index contributed by atoms with van der Waals surface area (Å²) in [6, 6.07) is 5.65. The van der Waals surface area contributed by atoms with Gasteiger partial charge in [-0.1, -0.05) is 30.0 Å². The lowest BCUT2D eigenvalue weighted by Crippen LogP contribution is -2.25. The average Bonchev–Trinajstić information content (AvgIpc) is 2.67. The third kappa shape index (κ3) is 2.76. The quantitative estimate of drug-likeness (QED) is 0.853. The fraction of sp³-hybridized carbons (Fsp3) is 0.333. The van der Waals surface area contributed by atoms with Crippen molar-refractivity contribution in [2.24, 2.45) is 0 Å². The molecular formula is C12H13NO3S2. The number of thioether (sulfide) groups is 1. The molecule has 1 saturated heterocycles. The zero-order valence-corrected chi connectivity index (χ0v) is 11.7. The number of ether oxygens (including phenoxy) is 2. The van der Waals surface area contributed by atoms with E-state index in [-0.39, 0.29) is 11.2 Å². The van der Waals surface area contributed by atoms with Gasteiger partial charge in [-0.05, 0) is 24.1 Å². The van der Waals surface area contributed by atoms with Crippen molar-refractivity contribution in [2.75, 3.05) is 14.2 Å². The zero-order valence-electron chi connectivity index (χ0n) is 10.1. The Labute approximate surface area is 115 Å². The molecule has 4 nitrogen and oxygen atoms in total. The van der Waals surface area contributed by atoms with Gasteiger partial charge in [0, 0.05) is 0 Å². The topological polar surface area (TPSA) is 47.6 Å². The van der Waals surface area contributed by atoms with Crippen molar-refractivity contribution in [3.63, 3.8) is 0 Å². The van der Waals surface area contributed by atoms with Crippen molar-refractivity contribution in [2.45, 2.75) is 11.7 Å². The maximum absolute atomic E-state index is 11.6. The van der Waals surface area contributed by atoms with Gasteiger partial charge in [-0.25, -0.2) is 0 Å². The summed E-state index contributed by atoms with van der Waals surface area (Å²) in [6.45, 7) is 0. The second kappa shape index (κ2) is 5.58. The largest absolute Gasteiger partial charge is 0.493 e. The van der Waals surface area contributed by atoms with Crippen LogP contribution in [0.1, 0.15) is 5.56 Å². The van der Waals surface area contributed by atoms with Gasteiger partial charge in [0.2, 0.25) is 5.91 Å². The highest BCUT2D eigenvalue weighted by molar-refractivity contribution is 8.24. The maximum atomic E-state index is 11.6. The molecule has 6 heteroatoms. The number of thiocarbonyl (C=S) groups is 1. The van der Waals surface area contributed by atoms with E-state index < -0.39 is 0 Å². The van der Waals surface area contributed by atoms with Crippen LogP contribution in [-0.4, -0.2) is 29.7 Å². The summed E-state index contributed by atoms with van der Waals surface area (Å²) in [5.41, 5.74) is 1.02. The lowest BCUT2D eigenvalue weighted by Gasteiger charge is -2.10. The lowest BCUT2D eigenvalue weighted by molar-refractivity contribution is -0.118. The fourth-order valence-electron chi connectivity index (χ4n) is 1.75. The van der Waals surface area contributed by atoms with Crippen molar-refractivity contribution in [3.8, 4) is 11.5 Å². The molecule has 1 amide bonds. The summed E-state index contributed by atoms with van der Waals surface area (Å²) in [6.07, 6.45) is 0.622. The number of benzene rings is 1. The summed E-state index contributed by atoms with van der Waals surface area (Å²) in [5.74, 6) is 1.32. The Hall–Kier alpha value is -1.27. The Morgan fingerprint density at radius 2 is 2.06 bits per heavy atom. The van der Waals surface area contributed by atoms with E-state index in [1.165, 1.54) is 11.8 Å². The van der Waals surface area contributed by atoms with Gasteiger partial charge in [-0.3, -0.25) is 4.79 Å². The molecule has 1 fully saturated rings. The molecule has 1 aliphatic rings. The van der Waals surface area contributed by atoms with Crippen LogP contribution in [0.15, 0.2) is 18.2 Å². The van der Waals surface area contributed by atoms with Crippen LogP contribution in [-0.2, 0) is 11.2 Å². The summed E-state index contributed by atoms with van der Waals surface area (Å²) >= 11 is 6.35. The highest BCUT2D eigenvalue weighted by atomic mass is 32.2. The van der Waals surface area contributed by atoms with Gasteiger partial charge < -0.3 is 14.8 Å². The minimum Gasteiger partial charge on any atom is -0.493 e. The molecule has 1 atom stereocenters. The third-order valence-electron chi connectivity index (χ3n) is 2.64. The Morgan fingerprint density at radius 1 is 1.33 bits per heavy atom. The molecule has 0 spiro atoms. The van der Waals surface area contributed by atoms with Crippen LogP contribution >= 0.6 is 24.0 Å². The number of amides is 1. The van der Waals surface area contributed by atoms with Gasteiger partial charge in [0.05, 0.1) is 19.5 Å². The van der Waals surface area contributed by atoms with Gasteiger partial charge in [-0.15, -0.1) is 0 Å². The van der Waals surface area contributed by atoms with E-state index in [9.17, 15) is 4.79 Å². The number of hydrogen-bond donors (Lipinski definition) is 1. The second-order valence-corrected chi connectivity index (χ2v) is 5.66. The molecule has 0 saturated carbocycles. The van der Waals surface area contributed by atoms with E-state index in [4.69, 9.17) is 21.7 Å². The highest BCUT2D eigenvalue weighted by Gasteiger charge is 2.29. The molecule has 0 bridgehead atoms. The first-order chi connectivity index (χ1) is 8.63. The standard InChI is InChI=1S/C12H13NO3S2/c1-15-8-4-3-7(5-9(8)16-2)6-10-11(14)13-12(17)18-10/h3-5,10H,6H2,1-2H3,(H,13,14,17). The van der Waals surface area contributed by atoms with Crippen LogP contribution in [0, 0.1) is 0 Å². The van der Waals surface area contributed by atoms with Gasteiger partial charge in [-0.2, -0.15) is 0 Å². The molecule has 1 unspecified atom stereocenters. The van der Waals surface area contributed by atoms with E-state index in [1.54, 1.807) is 14.2 Å². The molecule has 0 aromatic heterocycles. The first kappa shape index (κ1) is 13.2. The Kier molecular flexibility index (Phi) is 4.08. The molecule has 18 heavy (non-hydrogen) atoms. The predicted molar refractivity (Wildman–Crippen MR) is 75.4 cm³/mol. The van der Waals surface area contributed by atoms with Crippen molar-refractivity contribution in [1.82, 2.24) is 5.32 Å². The highest BCUT2D eigenvalue weighted by Crippen LogP contribution is 2.30. The van der Waals surface area contributed by atoms with E-state index in [1.807, 2.05) is 18.2 Å². The maximum Gasteiger partial charge on any atom is 0.239 e. The second-order valence-electron chi connectivity index (χ2n) is 3.78. The summed E-state index contributed by atoms with van der Waals surface area (Å²) < 4.78 is 10.9. The molecule has 96 valence electrons. The third-order valence-corrected chi connectivity index (χ3v) is 4.01. The first-order valence-corrected chi connectivity index (χ1v) is 6.65. The number of hydrogen-bond acceptors (Lipinski definition) is 5. The van der Waals surface area contributed by atoms with Crippen molar-refractivity contribution < 1.29 is 14.3 Å². The van der Waals surface area contributed by atoms with Gasteiger partial charge in [0.15, 0.2) is 11.5 Å². The minimum atomic E-state index is -0.157. The molecule has 0 radical (unpaired) electrons. The number of nitrogens with one attached hydrogen (secondary N) is 1. The molecule has 1 aromatic carbocycles. The van der Waals surface area contributed by atoms with E-state index >= 15 is 0 Å². The van der Waals surface area contributed by atoms with Crippen molar-refractivity contribution in [1.29, 1.82) is 0 Å². The van der Waals surface area contributed by atoms with Crippen LogP contribution in [0.2, 0.25) is 0 Å². The summed E-state index contributed by atoms with van der Waals surface area (Å²) in [4.78, 5) is 11.6. The fourth-order valence-corrected chi connectivity index (χ4v) is 3.06. The normalized spacial score (nSPS) is 18.7. The number of rotatable bonds is 4. The van der Waals surface area contributed by atoms with Crippen LogP contribution in [0.25, 0.3) is 0 Å². The van der Waals surface area contributed by atoms with Crippen LogP contribution in [0.5, 0.6) is 11.5 Å². The van der Waals surface area contributed by atoms with E-state index in [0.29, 0.717) is 22.2 Å². The summed E-state index contributed by atoms with van der Waals surface area (Å²) in [5, 5.41) is 2.48. The predicted octanol–water partition coefficient (Wildman–Crippen LogP) is 1.76. The molecule has 1 aliphatic heterocycles. The zero-order chi connectivity index (χ0) is 13.1. The first-order valence-electron chi connectivity index (χ1n) is 5.36. The van der Waals surface area contributed by atoms with Gasteiger partial charge >= 0.3 is 0 Å². The lowest BCUT2D eigenvalue weighted by atomic mass is 10.1. The minimum absolute atomic E-state index is 0.0280. The number of carbonyl (C=O) groups is 1. The van der Waals surface area contributed by atoms with E-state index in [2.05, 4.69) is 5.32 Å². The van der Waals surface area contributed by atoms with Crippen molar-refractivity contribution in [3.05, 3.63) is 23.8 Å². The molecular weight excluding hydrogens is 270 g/mol. The SMILES string of the molecule is COc1ccc(CC2SC(=S)NC2=O)cc1OC. The van der Waals surface area contributed by atoms with Gasteiger partial charge in [0.1, 0.15) is 4.32 Å². The van der Waals surface area contributed by atoms with Crippen LogP contribution < -0.4 is 14.8 Å². The number of carbonyl (C=O) groups excluding carboxylic acids is 1. The molecule has 1 N–H and O–H groups in total. The Balaban J connectivity index is 2.14. The molecule has 0 aliphatic carbocycles. The van der Waals surface area contributed by atoms with E-state index in [0.717, 1.165) is 5.56 Å².